The zero-order valence-corrected chi connectivity index (χ0v) is 13.6. The van der Waals surface area contributed by atoms with Gasteiger partial charge in [0, 0.05) is 11.8 Å². The van der Waals surface area contributed by atoms with Crippen LogP contribution in [0.3, 0.4) is 0 Å². The number of ether oxygens (including phenoxy) is 2. The number of methoxy groups -OCH3 is 1. The number of anilines is 1. The standard InChI is InChI=1S/C17H18N2O3S/c1-3-10-23-12-16(20)19-13-8-9-17(18-11-13)22-15-7-5-4-6-14(15)21-2/h3-9,11H,1,10,12H2,2H3,(H,19,20). The Bertz CT molecular complexity index is 659. The van der Waals surface area contributed by atoms with Crippen molar-refractivity contribution in [2.75, 3.05) is 23.9 Å². The number of carbonyl (C=O) groups excluding carboxylic acids is 1. The average molecular weight is 330 g/mol. The van der Waals surface area contributed by atoms with Crippen LogP contribution in [0.4, 0.5) is 5.69 Å². The number of hydrogen-bond acceptors (Lipinski definition) is 5. The Balaban J connectivity index is 1.94. The number of amides is 1. The lowest BCUT2D eigenvalue weighted by Gasteiger charge is -2.09. The molecule has 1 aromatic carbocycles. The molecule has 120 valence electrons. The van der Waals surface area contributed by atoms with Crippen molar-refractivity contribution in [3.05, 3.63) is 55.3 Å². The van der Waals surface area contributed by atoms with Gasteiger partial charge in [-0.05, 0) is 18.2 Å². The second-order valence-electron chi connectivity index (χ2n) is 4.49. The third-order valence-corrected chi connectivity index (χ3v) is 3.71. The Morgan fingerprint density at radius 3 is 2.74 bits per heavy atom. The molecule has 2 rings (SSSR count). The minimum absolute atomic E-state index is 0.0722. The van der Waals surface area contributed by atoms with Gasteiger partial charge in [0.25, 0.3) is 0 Å². The first kappa shape index (κ1) is 16.9. The lowest BCUT2D eigenvalue weighted by atomic mass is 10.3. The van der Waals surface area contributed by atoms with E-state index in [1.807, 2.05) is 18.2 Å². The van der Waals surface area contributed by atoms with Crippen LogP contribution >= 0.6 is 11.8 Å². The van der Waals surface area contributed by atoms with E-state index in [2.05, 4.69) is 16.9 Å². The first-order valence-corrected chi connectivity index (χ1v) is 8.14. The molecule has 0 saturated carbocycles. The van der Waals surface area contributed by atoms with Gasteiger partial charge in [0.05, 0.1) is 24.7 Å². The molecule has 0 spiro atoms. The molecule has 0 aliphatic rings. The summed E-state index contributed by atoms with van der Waals surface area (Å²) in [6.45, 7) is 3.61. The lowest BCUT2D eigenvalue weighted by molar-refractivity contribution is -0.113. The third-order valence-electron chi connectivity index (χ3n) is 2.77. The largest absolute Gasteiger partial charge is 0.493 e. The maximum absolute atomic E-state index is 11.7. The van der Waals surface area contributed by atoms with Gasteiger partial charge in [-0.3, -0.25) is 4.79 Å². The average Bonchev–Trinajstić information content (AvgIpc) is 2.57. The van der Waals surface area contributed by atoms with Gasteiger partial charge in [-0.2, -0.15) is 0 Å². The highest BCUT2D eigenvalue weighted by Crippen LogP contribution is 2.30. The molecule has 5 nitrogen and oxygen atoms in total. The van der Waals surface area contributed by atoms with Gasteiger partial charge in [-0.1, -0.05) is 18.2 Å². The minimum Gasteiger partial charge on any atom is -0.493 e. The van der Waals surface area contributed by atoms with Crippen LogP contribution in [0, 0.1) is 0 Å². The molecule has 2 aromatic rings. The van der Waals surface area contributed by atoms with E-state index in [1.54, 1.807) is 37.6 Å². The van der Waals surface area contributed by atoms with E-state index in [1.165, 1.54) is 11.8 Å². The highest BCUT2D eigenvalue weighted by molar-refractivity contribution is 8.00. The number of thioether (sulfide) groups is 1. The Labute approximate surface area is 139 Å². The van der Waals surface area contributed by atoms with E-state index < -0.39 is 0 Å². The fourth-order valence-corrected chi connectivity index (χ4v) is 2.30. The predicted molar refractivity (Wildman–Crippen MR) is 93.5 cm³/mol. The van der Waals surface area contributed by atoms with Crippen LogP contribution in [0.2, 0.25) is 0 Å². The van der Waals surface area contributed by atoms with Crippen LogP contribution in [-0.4, -0.2) is 29.5 Å². The molecule has 1 aromatic heterocycles. The second-order valence-corrected chi connectivity index (χ2v) is 5.52. The van der Waals surface area contributed by atoms with Crippen LogP contribution < -0.4 is 14.8 Å². The number of carbonyl (C=O) groups is 1. The Kier molecular flexibility index (Phi) is 6.50. The highest BCUT2D eigenvalue weighted by atomic mass is 32.2. The predicted octanol–water partition coefficient (Wildman–Crippen LogP) is 3.74. The molecule has 0 aliphatic carbocycles. The zero-order valence-electron chi connectivity index (χ0n) is 12.8. The van der Waals surface area contributed by atoms with Crippen molar-refractivity contribution < 1.29 is 14.3 Å². The molecular weight excluding hydrogens is 312 g/mol. The number of benzene rings is 1. The van der Waals surface area contributed by atoms with E-state index in [4.69, 9.17) is 9.47 Å². The summed E-state index contributed by atoms with van der Waals surface area (Å²) < 4.78 is 10.9. The molecule has 23 heavy (non-hydrogen) atoms. The number of rotatable bonds is 8. The Morgan fingerprint density at radius 1 is 1.30 bits per heavy atom. The first-order valence-electron chi connectivity index (χ1n) is 6.98. The smallest absolute Gasteiger partial charge is 0.234 e. The van der Waals surface area contributed by atoms with Crippen molar-refractivity contribution in [1.82, 2.24) is 4.98 Å². The van der Waals surface area contributed by atoms with Gasteiger partial charge in [0.1, 0.15) is 0 Å². The van der Waals surface area contributed by atoms with E-state index >= 15 is 0 Å². The molecule has 0 aliphatic heterocycles. The van der Waals surface area contributed by atoms with Crippen molar-refractivity contribution in [2.45, 2.75) is 0 Å². The van der Waals surface area contributed by atoms with Crippen LogP contribution in [-0.2, 0) is 4.79 Å². The Hall–Kier alpha value is -2.47. The summed E-state index contributed by atoms with van der Waals surface area (Å²) in [6.07, 6.45) is 3.32. The fourth-order valence-electron chi connectivity index (χ4n) is 1.76. The quantitative estimate of drug-likeness (QED) is 0.590. The molecule has 0 saturated heterocycles. The van der Waals surface area contributed by atoms with Gasteiger partial charge < -0.3 is 14.8 Å². The summed E-state index contributed by atoms with van der Waals surface area (Å²) in [5, 5.41) is 2.78. The van der Waals surface area contributed by atoms with Gasteiger partial charge in [-0.15, -0.1) is 18.3 Å². The van der Waals surface area contributed by atoms with Crippen molar-refractivity contribution in [3.63, 3.8) is 0 Å². The van der Waals surface area contributed by atoms with Crippen LogP contribution in [0.25, 0.3) is 0 Å². The van der Waals surface area contributed by atoms with Crippen LogP contribution in [0.5, 0.6) is 17.4 Å². The third kappa shape index (κ3) is 5.34. The molecule has 1 amide bonds. The maximum atomic E-state index is 11.7. The van der Waals surface area contributed by atoms with Crippen molar-refractivity contribution in [1.29, 1.82) is 0 Å². The molecule has 0 bridgehead atoms. The summed E-state index contributed by atoms with van der Waals surface area (Å²) in [4.78, 5) is 15.9. The van der Waals surface area contributed by atoms with Crippen LogP contribution in [0.1, 0.15) is 0 Å². The molecule has 0 atom stereocenters. The van der Waals surface area contributed by atoms with Crippen molar-refractivity contribution in [3.8, 4) is 17.4 Å². The van der Waals surface area contributed by atoms with Crippen molar-refractivity contribution >= 4 is 23.4 Å². The minimum atomic E-state index is -0.0722. The Morgan fingerprint density at radius 2 is 2.09 bits per heavy atom. The number of para-hydroxylation sites is 2. The van der Waals surface area contributed by atoms with Gasteiger partial charge in [0.2, 0.25) is 11.8 Å². The maximum Gasteiger partial charge on any atom is 0.234 e. The lowest BCUT2D eigenvalue weighted by Crippen LogP contribution is -2.14. The summed E-state index contributed by atoms with van der Waals surface area (Å²) in [5.74, 6) is 2.69. The van der Waals surface area contributed by atoms with E-state index in [0.29, 0.717) is 28.8 Å². The number of aromatic nitrogens is 1. The molecule has 0 fully saturated rings. The molecular formula is C17H18N2O3S. The van der Waals surface area contributed by atoms with E-state index in [-0.39, 0.29) is 5.91 Å². The molecule has 1 heterocycles. The highest BCUT2D eigenvalue weighted by Gasteiger charge is 2.06. The number of nitrogens with one attached hydrogen (secondary N) is 1. The number of pyridine rings is 1. The van der Waals surface area contributed by atoms with Gasteiger partial charge in [-0.25, -0.2) is 4.98 Å². The van der Waals surface area contributed by atoms with Crippen molar-refractivity contribution in [2.24, 2.45) is 0 Å². The van der Waals surface area contributed by atoms with Gasteiger partial charge in [0.15, 0.2) is 11.5 Å². The second kappa shape index (κ2) is 8.85. The zero-order chi connectivity index (χ0) is 16.5. The molecule has 1 N–H and O–H groups in total. The van der Waals surface area contributed by atoms with Gasteiger partial charge >= 0.3 is 0 Å². The first-order chi connectivity index (χ1) is 11.2. The summed E-state index contributed by atoms with van der Waals surface area (Å²) in [6, 6.07) is 10.8. The molecule has 0 radical (unpaired) electrons. The van der Waals surface area contributed by atoms with Crippen LogP contribution in [0.15, 0.2) is 55.3 Å². The number of nitrogens with zero attached hydrogens (tertiary/aromatic N) is 1. The fraction of sp³-hybridized carbons (Fsp3) is 0.176. The SMILES string of the molecule is C=CCSCC(=O)Nc1ccc(Oc2ccccc2OC)nc1. The summed E-state index contributed by atoms with van der Waals surface area (Å²) in [5.41, 5.74) is 0.626. The van der Waals surface area contributed by atoms with E-state index in [9.17, 15) is 4.79 Å². The molecule has 0 unspecified atom stereocenters. The monoisotopic (exact) mass is 330 g/mol. The number of hydrogen-bond donors (Lipinski definition) is 1. The van der Waals surface area contributed by atoms with E-state index in [0.717, 1.165) is 5.75 Å². The topological polar surface area (TPSA) is 60.5 Å². The summed E-state index contributed by atoms with van der Waals surface area (Å²) in [7, 11) is 1.58. The summed E-state index contributed by atoms with van der Waals surface area (Å²) >= 11 is 1.50. The molecule has 6 heteroatoms. The normalized spacial score (nSPS) is 9.96.